The third kappa shape index (κ3) is 4.44. The van der Waals surface area contributed by atoms with Gasteiger partial charge < -0.3 is 20.6 Å². The Kier molecular flexibility index (Phi) is 6.91. The molecule has 1 aromatic heterocycles. The summed E-state index contributed by atoms with van der Waals surface area (Å²) in [6, 6.07) is 3.70. The van der Waals surface area contributed by atoms with Gasteiger partial charge in [0.25, 0.3) is 5.91 Å². The number of nitrogens with one attached hydrogen (secondary N) is 3. The van der Waals surface area contributed by atoms with Crippen molar-refractivity contribution in [2.45, 2.75) is 26.3 Å². The molecular formula is C18H24N4O5. The second kappa shape index (κ2) is 9.15. The SMILES string of the molecule is CCNC(=O)c1cccc2c(C[C@H](NOC)C(=O)O)cn(C(=O)NCC)c12. The molecule has 0 radical (unpaired) electrons. The predicted molar refractivity (Wildman–Crippen MR) is 99.7 cm³/mol. The lowest BCUT2D eigenvalue weighted by Gasteiger charge is -2.11. The minimum atomic E-state index is -1.09. The number of hydroxylamine groups is 1. The molecule has 0 bridgehead atoms. The third-order valence-electron chi connectivity index (χ3n) is 4.02. The summed E-state index contributed by atoms with van der Waals surface area (Å²) in [7, 11) is 1.33. The predicted octanol–water partition coefficient (Wildman–Crippen LogP) is 1.12. The number of carbonyl (C=O) groups excluding carboxylic acids is 2. The average molecular weight is 376 g/mol. The zero-order valence-corrected chi connectivity index (χ0v) is 15.5. The Hall–Kier alpha value is -2.91. The molecule has 1 atom stereocenters. The molecule has 0 unspecified atom stereocenters. The molecule has 2 amide bonds. The first-order valence-electron chi connectivity index (χ1n) is 8.65. The first kappa shape index (κ1) is 20.4. The van der Waals surface area contributed by atoms with Crippen molar-refractivity contribution in [3.63, 3.8) is 0 Å². The molecule has 27 heavy (non-hydrogen) atoms. The highest BCUT2D eigenvalue weighted by molar-refractivity contribution is 6.09. The highest BCUT2D eigenvalue weighted by Gasteiger charge is 2.24. The maximum Gasteiger partial charge on any atom is 0.326 e. The lowest BCUT2D eigenvalue weighted by Crippen LogP contribution is -2.37. The topological polar surface area (TPSA) is 122 Å². The van der Waals surface area contributed by atoms with Gasteiger partial charge in [-0.2, -0.15) is 5.48 Å². The van der Waals surface area contributed by atoms with Crippen LogP contribution in [-0.4, -0.2) is 53.8 Å². The zero-order chi connectivity index (χ0) is 20.0. The number of aliphatic carboxylic acids is 1. The third-order valence-corrected chi connectivity index (χ3v) is 4.02. The van der Waals surface area contributed by atoms with E-state index in [1.54, 1.807) is 38.2 Å². The van der Waals surface area contributed by atoms with Crippen LogP contribution in [0.4, 0.5) is 4.79 Å². The number of fused-ring (bicyclic) bond motifs is 1. The molecule has 4 N–H and O–H groups in total. The molecule has 0 saturated heterocycles. The van der Waals surface area contributed by atoms with Gasteiger partial charge in [-0.25, -0.2) is 4.79 Å². The van der Waals surface area contributed by atoms with Crippen molar-refractivity contribution in [2.75, 3.05) is 20.2 Å². The minimum Gasteiger partial charge on any atom is -0.480 e. The van der Waals surface area contributed by atoms with Gasteiger partial charge in [-0.3, -0.25) is 14.2 Å². The number of benzene rings is 1. The molecule has 0 spiro atoms. The second-order valence-electron chi connectivity index (χ2n) is 5.84. The number of rotatable bonds is 8. The van der Waals surface area contributed by atoms with Gasteiger partial charge in [-0.15, -0.1) is 0 Å². The number of para-hydroxylation sites is 1. The lowest BCUT2D eigenvalue weighted by molar-refractivity contribution is -0.143. The molecule has 0 saturated carbocycles. The standard InChI is InChI=1S/C18H24N4O5/c1-4-19-16(23)13-8-6-7-12-11(9-14(17(24)25)21-27-3)10-22(15(12)13)18(26)20-5-2/h6-8,10,14,21H,4-5,9H2,1-3H3,(H,19,23)(H,20,26)(H,24,25)/t14-/m0/s1. The van der Waals surface area contributed by atoms with E-state index in [0.29, 0.717) is 35.1 Å². The molecule has 146 valence electrons. The molecule has 9 heteroatoms. The average Bonchev–Trinajstić information content (AvgIpc) is 3.00. The number of amides is 2. The van der Waals surface area contributed by atoms with E-state index in [-0.39, 0.29) is 12.3 Å². The highest BCUT2D eigenvalue weighted by atomic mass is 16.6. The van der Waals surface area contributed by atoms with E-state index in [4.69, 9.17) is 4.84 Å². The van der Waals surface area contributed by atoms with Crippen molar-refractivity contribution in [3.8, 4) is 0 Å². The van der Waals surface area contributed by atoms with Gasteiger partial charge in [-0.05, 0) is 25.5 Å². The Labute approximate surface area is 156 Å². The van der Waals surface area contributed by atoms with Crippen LogP contribution >= 0.6 is 0 Å². The highest BCUT2D eigenvalue weighted by Crippen LogP contribution is 2.26. The molecule has 2 rings (SSSR count). The van der Waals surface area contributed by atoms with E-state index in [1.165, 1.54) is 11.7 Å². The summed E-state index contributed by atoms with van der Waals surface area (Å²) >= 11 is 0. The molecule has 0 aliphatic heterocycles. The fourth-order valence-electron chi connectivity index (χ4n) is 2.89. The summed E-state index contributed by atoms with van der Waals surface area (Å²) in [5.74, 6) is -1.39. The molecule has 9 nitrogen and oxygen atoms in total. The molecular weight excluding hydrogens is 352 g/mol. The summed E-state index contributed by atoms with van der Waals surface area (Å²) in [6.07, 6.45) is 1.64. The van der Waals surface area contributed by atoms with Gasteiger partial charge in [0.1, 0.15) is 6.04 Å². The van der Waals surface area contributed by atoms with E-state index in [2.05, 4.69) is 16.1 Å². The Morgan fingerprint density at radius 1 is 1.19 bits per heavy atom. The summed E-state index contributed by atoms with van der Waals surface area (Å²) in [5.41, 5.74) is 3.82. The van der Waals surface area contributed by atoms with Crippen molar-refractivity contribution < 1.29 is 24.3 Å². The Bertz CT molecular complexity index is 846. The quantitative estimate of drug-likeness (QED) is 0.512. The van der Waals surface area contributed by atoms with Crippen molar-refractivity contribution in [1.29, 1.82) is 0 Å². The van der Waals surface area contributed by atoms with Gasteiger partial charge in [-0.1, -0.05) is 12.1 Å². The molecule has 2 aromatic rings. The first-order chi connectivity index (χ1) is 12.9. The molecule has 0 aliphatic carbocycles. The van der Waals surface area contributed by atoms with E-state index in [9.17, 15) is 19.5 Å². The van der Waals surface area contributed by atoms with Gasteiger partial charge in [0.2, 0.25) is 0 Å². The fourth-order valence-corrected chi connectivity index (χ4v) is 2.89. The van der Waals surface area contributed by atoms with Crippen LogP contribution in [0.25, 0.3) is 10.9 Å². The van der Waals surface area contributed by atoms with Crippen LogP contribution in [0, 0.1) is 0 Å². The number of nitrogens with zero attached hydrogens (tertiary/aromatic N) is 1. The second-order valence-corrected chi connectivity index (χ2v) is 5.84. The van der Waals surface area contributed by atoms with Gasteiger partial charge in [0, 0.05) is 31.1 Å². The van der Waals surface area contributed by atoms with E-state index >= 15 is 0 Å². The first-order valence-corrected chi connectivity index (χ1v) is 8.65. The maximum absolute atomic E-state index is 12.5. The van der Waals surface area contributed by atoms with Crippen LogP contribution in [0.5, 0.6) is 0 Å². The zero-order valence-electron chi connectivity index (χ0n) is 15.5. The molecule has 1 aromatic carbocycles. The molecule has 0 fully saturated rings. The van der Waals surface area contributed by atoms with Crippen molar-refractivity contribution in [1.82, 2.24) is 20.7 Å². The maximum atomic E-state index is 12.5. The summed E-state index contributed by atoms with van der Waals surface area (Å²) in [6.45, 7) is 4.46. The van der Waals surface area contributed by atoms with Gasteiger partial charge in [0.15, 0.2) is 0 Å². The van der Waals surface area contributed by atoms with Crippen molar-refractivity contribution >= 4 is 28.8 Å². The smallest absolute Gasteiger partial charge is 0.326 e. The van der Waals surface area contributed by atoms with Crippen LogP contribution in [0.1, 0.15) is 29.8 Å². The molecule has 0 aliphatic rings. The number of carboxylic acids is 1. The van der Waals surface area contributed by atoms with Crippen LogP contribution in [-0.2, 0) is 16.1 Å². The Morgan fingerprint density at radius 2 is 1.89 bits per heavy atom. The minimum absolute atomic E-state index is 0.0743. The van der Waals surface area contributed by atoms with Crippen LogP contribution < -0.4 is 16.1 Å². The number of hydrogen-bond donors (Lipinski definition) is 4. The van der Waals surface area contributed by atoms with Gasteiger partial charge in [0.05, 0.1) is 18.2 Å². The number of carbonyl (C=O) groups is 3. The van der Waals surface area contributed by atoms with Gasteiger partial charge >= 0.3 is 12.0 Å². The summed E-state index contributed by atoms with van der Waals surface area (Å²) < 4.78 is 1.35. The normalized spacial score (nSPS) is 12.0. The summed E-state index contributed by atoms with van der Waals surface area (Å²) in [5, 5.41) is 15.4. The number of carboxylic acid groups (broad SMARTS) is 1. The Morgan fingerprint density at radius 3 is 2.48 bits per heavy atom. The van der Waals surface area contributed by atoms with Crippen molar-refractivity contribution in [2.24, 2.45) is 0 Å². The molecule has 1 heterocycles. The largest absolute Gasteiger partial charge is 0.480 e. The van der Waals surface area contributed by atoms with Crippen LogP contribution in [0.2, 0.25) is 0 Å². The Balaban J connectivity index is 2.62. The summed E-state index contributed by atoms with van der Waals surface area (Å²) in [4.78, 5) is 41.2. The van der Waals surface area contributed by atoms with E-state index < -0.39 is 18.0 Å². The number of aromatic nitrogens is 1. The van der Waals surface area contributed by atoms with E-state index in [1.807, 2.05) is 0 Å². The monoisotopic (exact) mass is 376 g/mol. The van der Waals surface area contributed by atoms with Crippen LogP contribution in [0.3, 0.4) is 0 Å². The van der Waals surface area contributed by atoms with Crippen molar-refractivity contribution in [3.05, 3.63) is 35.5 Å². The number of hydrogen-bond acceptors (Lipinski definition) is 5. The van der Waals surface area contributed by atoms with E-state index in [0.717, 1.165) is 0 Å². The fraction of sp³-hybridized carbons (Fsp3) is 0.389. The van der Waals surface area contributed by atoms with Crippen LogP contribution in [0.15, 0.2) is 24.4 Å². The lowest BCUT2D eigenvalue weighted by atomic mass is 10.0.